The number of benzene rings is 3. The molecule has 0 aliphatic carbocycles. The predicted molar refractivity (Wildman–Crippen MR) is 120 cm³/mol. The van der Waals surface area contributed by atoms with E-state index in [1.807, 2.05) is 36.4 Å². The van der Waals surface area contributed by atoms with E-state index >= 15 is 0 Å². The Morgan fingerprint density at radius 2 is 1.69 bits per heavy atom. The van der Waals surface area contributed by atoms with Crippen LogP contribution in [-0.4, -0.2) is 16.2 Å². The first-order valence-corrected chi connectivity index (χ1v) is 10.5. The van der Waals surface area contributed by atoms with E-state index in [-0.39, 0.29) is 0 Å². The van der Waals surface area contributed by atoms with Gasteiger partial charge >= 0.3 is 0 Å². The molecule has 0 radical (unpaired) electrons. The number of aromatic nitrogens is 2. The summed E-state index contributed by atoms with van der Waals surface area (Å²) < 4.78 is 8.23. The van der Waals surface area contributed by atoms with E-state index < -0.39 is 0 Å². The minimum Gasteiger partial charge on any atom is -0.494 e. The minimum atomic E-state index is 0.670. The fourth-order valence-electron chi connectivity index (χ4n) is 3.56. The maximum Gasteiger partial charge on any atom is 0.119 e. The second-order valence-electron chi connectivity index (χ2n) is 7.14. The van der Waals surface area contributed by atoms with Crippen LogP contribution < -0.4 is 4.74 Å². The van der Waals surface area contributed by atoms with E-state index in [9.17, 15) is 0 Å². The van der Waals surface area contributed by atoms with Crippen LogP contribution in [0.25, 0.3) is 11.0 Å². The average Bonchev–Trinajstić information content (AvgIpc) is 3.10. The van der Waals surface area contributed by atoms with Crippen LogP contribution >= 0.6 is 11.6 Å². The van der Waals surface area contributed by atoms with Gasteiger partial charge in [0.05, 0.1) is 17.6 Å². The van der Waals surface area contributed by atoms with Crippen LogP contribution in [0.1, 0.15) is 30.3 Å². The van der Waals surface area contributed by atoms with Crippen LogP contribution in [0.3, 0.4) is 0 Å². The van der Waals surface area contributed by atoms with Crippen LogP contribution in [0, 0.1) is 0 Å². The van der Waals surface area contributed by atoms with Gasteiger partial charge < -0.3 is 9.30 Å². The van der Waals surface area contributed by atoms with Crippen LogP contribution in [0.15, 0.2) is 72.8 Å². The van der Waals surface area contributed by atoms with E-state index in [0.717, 1.165) is 52.6 Å². The molecule has 0 aliphatic rings. The average molecular weight is 405 g/mol. The molecule has 0 bridgehead atoms. The summed E-state index contributed by atoms with van der Waals surface area (Å²) in [5.41, 5.74) is 4.59. The highest BCUT2D eigenvalue weighted by Crippen LogP contribution is 2.23. The minimum absolute atomic E-state index is 0.670. The second kappa shape index (κ2) is 9.15. The molecular weight excluding hydrogens is 380 g/mol. The highest BCUT2D eigenvalue weighted by atomic mass is 35.5. The fraction of sp³-hybridized carbons (Fsp3) is 0.240. The number of para-hydroxylation sites is 2. The van der Waals surface area contributed by atoms with Crippen molar-refractivity contribution in [2.75, 3.05) is 6.61 Å². The molecule has 29 heavy (non-hydrogen) atoms. The number of fused-ring (bicyclic) bond motifs is 1. The van der Waals surface area contributed by atoms with Crippen molar-refractivity contribution in [3.8, 4) is 5.75 Å². The molecule has 4 heteroatoms. The molecular formula is C25H25ClN2O. The molecule has 4 aromatic rings. The number of rotatable bonds is 8. The Morgan fingerprint density at radius 1 is 0.931 bits per heavy atom. The first-order valence-electron chi connectivity index (χ1n) is 10.1. The van der Waals surface area contributed by atoms with E-state index in [1.165, 1.54) is 5.56 Å². The third-order valence-corrected chi connectivity index (χ3v) is 5.54. The lowest BCUT2D eigenvalue weighted by Crippen LogP contribution is -2.08. The van der Waals surface area contributed by atoms with Gasteiger partial charge in [-0.2, -0.15) is 0 Å². The van der Waals surface area contributed by atoms with Crippen molar-refractivity contribution in [2.45, 2.75) is 32.7 Å². The predicted octanol–water partition coefficient (Wildman–Crippen LogP) is 6.31. The van der Waals surface area contributed by atoms with Crippen LogP contribution in [0.4, 0.5) is 0 Å². The lowest BCUT2D eigenvalue weighted by molar-refractivity contribution is 0.302. The summed E-state index contributed by atoms with van der Waals surface area (Å²) in [7, 11) is 0. The molecule has 3 nitrogen and oxygen atoms in total. The topological polar surface area (TPSA) is 27.1 Å². The summed E-state index contributed by atoms with van der Waals surface area (Å²) in [6, 6.07) is 24.6. The third-order valence-electron chi connectivity index (χ3n) is 5.17. The van der Waals surface area contributed by atoms with Crippen molar-refractivity contribution in [2.24, 2.45) is 0 Å². The summed E-state index contributed by atoms with van der Waals surface area (Å²) >= 11 is 6.38. The van der Waals surface area contributed by atoms with Crippen LogP contribution in [0.2, 0.25) is 5.02 Å². The second-order valence-corrected chi connectivity index (χ2v) is 7.54. The largest absolute Gasteiger partial charge is 0.494 e. The fourth-order valence-corrected chi connectivity index (χ4v) is 3.76. The van der Waals surface area contributed by atoms with E-state index in [2.05, 4.69) is 47.9 Å². The van der Waals surface area contributed by atoms with E-state index in [4.69, 9.17) is 21.3 Å². The van der Waals surface area contributed by atoms with Gasteiger partial charge in [-0.15, -0.1) is 0 Å². The molecule has 0 aliphatic heterocycles. The van der Waals surface area contributed by atoms with Crippen molar-refractivity contribution >= 4 is 22.6 Å². The quantitative estimate of drug-likeness (QED) is 0.321. The molecule has 0 unspecified atom stereocenters. The lowest BCUT2D eigenvalue weighted by atomic mass is 10.1. The standard InChI is InChI=1S/C25H25ClN2O/c1-2-19-12-14-21(15-13-19)29-17-7-16-28-24-11-6-5-10-23(24)27-25(28)18-20-8-3-4-9-22(20)26/h3-6,8-15H,2,7,16-18H2,1H3. The summed E-state index contributed by atoms with van der Waals surface area (Å²) in [4.78, 5) is 4.87. The van der Waals surface area contributed by atoms with Crippen molar-refractivity contribution in [1.29, 1.82) is 0 Å². The maximum absolute atomic E-state index is 6.38. The van der Waals surface area contributed by atoms with E-state index in [1.54, 1.807) is 0 Å². The van der Waals surface area contributed by atoms with E-state index in [0.29, 0.717) is 13.0 Å². The molecule has 0 spiro atoms. The summed E-state index contributed by atoms with van der Waals surface area (Å²) in [6.45, 7) is 3.68. The normalized spacial score (nSPS) is 11.1. The van der Waals surface area contributed by atoms with Gasteiger partial charge in [-0.1, -0.05) is 61.0 Å². The van der Waals surface area contributed by atoms with Crippen molar-refractivity contribution < 1.29 is 4.74 Å². The maximum atomic E-state index is 6.38. The van der Waals surface area contributed by atoms with Gasteiger partial charge in [0.25, 0.3) is 0 Å². The Labute approximate surface area is 176 Å². The molecule has 3 aromatic carbocycles. The van der Waals surface area contributed by atoms with Gasteiger partial charge in [0.1, 0.15) is 11.6 Å². The zero-order chi connectivity index (χ0) is 20.1. The Kier molecular flexibility index (Phi) is 6.16. The Morgan fingerprint density at radius 3 is 2.48 bits per heavy atom. The molecule has 0 saturated heterocycles. The number of nitrogens with zero attached hydrogens (tertiary/aromatic N) is 2. The van der Waals surface area contributed by atoms with Crippen molar-refractivity contribution in [3.63, 3.8) is 0 Å². The molecule has 0 saturated carbocycles. The first kappa shape index (κ1) is 19.5. The van der Waals surface area contributed by atoms with Gasteiger partial charge in [0.15, 0.2) is 0 Å². The number of aryl methyl sites for hydroxylation is 2. The van der Waals surface area contributed by atoms with Crippen LogP contribution in [-0.2, 0) is 19.4 Å². The molecule has 4 rings (SSSR count). The van der Waals surface area contributed by atoms with Crippen LogP contribution in [0.5, 0.6) is 5.75 Å². The molecule has 0 atom stereocenters. The Bertz CT molecular complexity index is 1090. The number of ether oxygens (including phenoxy) is 1. The highest BCUT2D eigenvalue weighted by molar-refractivity contribution is 6.31. The molecule has 0 fully saturated rings. The van der Waals surface area contributed by atoms with Gasteiger partial charge in [-0.3, -0.25) is 0 Å². The smallest absolute Gasteiger partial charge is 0.119 e. The molecule has 148 valence electrons. The third kappa shape index (κ3) is 4.63. The summed E-state index contributed by atoms with van der Waals surface area (Å²) in [5.74, 6) is 1.96. The van der Waals surface area contributed by atoms with Crippen molar-refractivity contribution in [3.05, 3.63) is 94.8 Å². The zero-order valence-electron chi connectivity index (χ0n) is 16.6. The van der Waals surface area contributed by atoms with Gasteiger partial charge in [-0.25, -0.2) is 4.98 Å². The summed E-state index contributed by atoms with van der Waals surface area (Å²) in [6.07, 6.45) is 2.67. The first-order chi connectivity index (χ1) is 14.2. The van der Waals surface area contributed by atoms with Crippen molar-refractivity contribution in [1.82, 2.24) is 9.55 Å². The zero-order valence-corrected chi connectivity index (χ0v) is 17.4. The SMILES string of the molecule is CCc1ccc(OCCCn2c(Cc3ccccc3Cl)nc3ccccc32)cc1. The molecule has 1 aromatic heterocycles. The van der Waals surface area contributed by atoms with Gasteiger partial charge in [0, 0.05) is 18.0 Å². The monoisotopic (exact) mass is 404 g/mol. The number of hydrogen-bond acceptors (Lipinski definition) is 2. The van der Waals surface area contributed by atoms with Gasteiger partial charge in [0.2, 0.25) is 0 Å². The number of hydrogen-bond donors (Lipinski definition) is 0. The highest BCUT2D eigenvalue weighted by Gasteiger charge is 2.12. The Balaban J connectivity index is 1.47. The Hall–Kier alpha value is -2.78. The number of halogens is 1. The summed E-state index contributed by atoms with van der Waals surface area (Å²) in [5, 5.41) is 0.782. The number of imidazole rings is 1. The molecule has 0 amide bonds. The van der Waals surface area contributed by atoms with Gasteiger partial charge in [-0.05, 0) is 54.3 Å². The lowest BCUT2D eigenvalue weighted by Gasteiger charge is -2.11. The molecule has 1 heterocycles. The molecule has 0 N–H and O–H groups in total.